The maximum atomic E-state index is 12.5. The van der Waals surface area contributed by atoms with Gasteiger partial charge in [0, 0.05) is 12.8 Å². The molecule has 0 fully saturated rings. The Morgan fingerprint density at radius 2 is 0.658 bits per heavy atom. The summed E-state index contributed by atoms with van der Waals surface area (Å²) in [5.41, 5.74) is 0. The number of hydrogen-bond donors (Lipinski definition) is 3. The lowest BCUT2D eigenvalue weighted by Gasteiger charge is -2.20. The molecule has 1 amide bonds. The van der Waals surface area contributed by atoms with Gasteiger partial charge in [0.05, 0.1) is 25.4 Å². The van der Waals surface area contributed by atoms with Gasteiger partial charge in [-0.15, -0.1) is 0 Å². The molecule has 0 aromatic heterocycles. The number of carbonyl (C=O) groups is 2. The predicted molar refractivity (Wildman–Crippen MR) is 333 cm³/mol. The smallest absolute Gasteiger partial charge is 0.305 e. The lowest BCUT2D eigenvalue weighted by Crippen LogP contribution is -2.45. The quantitative estimate of drug-likeness (QED) is 0.0320. The maximum absolute atomic E-state index is 12.5. The van der Waals surface area contributed by atoms with Gasteiger partial charge in [0.15, 0.2) is 0 Å². The summed E-state index contributed by atoms with van der Waals surface area (Å²) in [4.78, 5) is 24.6. The molecule has 2 atom stereocenters. The standard InChI is InChI=1S/C70H133NO5/c1-3-5-7-9-11-13-15-17-19-20-21-22-23-25-28-31-35-38-42-46-50-54-58-62-68(73)67(66-72)71-69(74)63-59-55-51-47-43-39-36-32-29-26-24-27-30-33-37-41-45-49-53-57-61-65-76-70(75)64-60-56-52-48-44-40-34-18-16-14-12-10-8-6-4-2/h41,45,53,57-58,62,67-68,72-73H,3-40,42-44,46-52,54-56,59-61,63-66H2,1-2H3,(H,71,74)/b45-41-,57-53-,62-58+. The molecule has 0 heterocycles. The SMILES string of the molecule is CCCCCCCCCCCCCCCCCCCCCCC/C=C/C(O)C(CO)NC(=O)CCCCCCCCCCCCCCCC/C=C\C/C=C\CCOC(=O)CCCCCCCCCCCCCCCCC. The largest absolute Gasteiger partial charge is 0.465 e. The summed E-state index contributed by atoms with van der Waals surface area (Å²) < 4.78 is 5.43. The Kier molecular flexibility index (Phi) is 63.9. The van der Waals surface area contributed by atoms with E-state index in [1.165, 1.54) is 295 Å². The average molecular weight is 1070 g/mol. The van der Waals surface area contributed by atoms with Crippen molar-refractivity contribution in [2.45, 2.75) is 386 Å². The Morgan fingerprint density at radius 3 is 1.00 bits per heavy atom. The Hall–Kier alpha value is -1.92. The number of esters is 1. The normalized spacial score (nSPS) is 12.7. The molecule has 0 bridgehead atoms. The molecule has 76 heavy (non-hydrogen) atoms. The van der Waals surface area contributed by atoms with Crippen LogP contribution in [-0.2, 0) is 14.3 Å². The van der Waals surface area contributed by atoms with Gasteiger partial charge in [0.2, 0.25) is 5.91 Å². The van der Waals surface area contributed by atoms with Crippen LogP contribution in [0.4, 0.5) is 0 Å². The van der Waals surface area contributed by atoms with Gasteiger partial charge in [0.25, 0.3) is 0 Å². The highest BCUT2D eigenvalue weighted by atomic mass is 16.5. The molecule has 0 aromatic carbocycles. The molecule has 0 aliphatic rings. The highest BCUT2D eigenvalue weighted by Crippen LogP contribution is 2.18. The minimum atomic E-state index is -0.850. The molecular formula is C70H133NO5. The number of unbranched alkanes of at least 4 members (excludes halogenated alkanes) is 49. The number of nitrogens with one attached hydrogen (secondary N) is 1. The number of amides is 1. The summed E-state index contributed by atoms with van der Waals surface area (Å²) in [7, 11) is 0. The van der Waals surface area contributed by atoms with Crippen molar-refractivity contribution >= 4 is 11.9 Å². The predicted octanol–water partition coefficient (Wildman–Crippen LogP) is 21.9. The van der Waals surface area contributed by atoms with E-state index >= 15 is 0 Å². The highest BCUT2D eigenvalue weighted by Gasteiger charge is 2.18. The van der Waals surface area contributed by atoms with Gasteiger partial charge < -0.3 is 20.3 Å². The second-order valence-electron chi connectivity index (χ2n) is 23.5. The van der Waals surface area contributed by atoms with Crippen LogP contribution in [0.25, 0.3) is 0 Å². The molecule has 0 radical (unpaired) electrons. The van der Waals surface area contributed by atoms with E-state index in [4.69, 9.17) is 4.74 Å². The van der Waals surface area contributed by atoms with Crippen LogP contribution in [0.15, 0.2) is 36.5 Å². The van der Waals surface area contributed by atoms with Crippen LogP contribution in [0.2, 0.25) is 0 Å². The second-order valence-corrected chi connectivity index (χ2v) is 23.5. The lowest BCUT2D eigenvalue weighted by atomic mass is 10.0. The fourth-order valence-corrected chi connectivity index (χ4v) is 10.7. The number of carbonyl (C=O) groups excluding carboxylic acids is 2. The zero-order valence-electron chi connectivity index (χ0n) is 51.3. The molecule has 6 heteroatoms. The molecular weight excluding hydrogens is 935 g/mol. The van der Waals surface area contributed by atoms with E-state index in [2.05, 4.69) is 43.5 Å². The number of ether oxygens (including phenoxy) is 1. The first-order valence-corrected chi connectivity index (χ1v) is 34.3. The molecule has 0 saturated heterocycles. The van der Waals surface area contributed by atoms with Crippen molar-refractivity contribution < 1.29 is 24.5 Å². The first-order chi connectivity index (χ1) is 37.5. The van der Waals surface area contributed by atoms with Crippen molar-refractivity contribution in [3.63, 3.8) is 0 Å². The van der Waals surface area contributed by atoms with E-state index in [1.807, 2.05) is 6.08 Å². The van der Waals surface area contributed by atoms with Crippen molar-refractivity contribution in [1.82, 2.24) is 5.32 Å². The van der Waals surface area contributed by atoms with Crippen LogP contribution in [0.1, 0.15) is 373 Å². The molecule has 448 valence electrons. The van der Waals surface area contributed by atoms with E-state index in [1.54, 1.807) is 6.08 Å². The summed E-state index contributed by atoms with van der Waals surface area (Å²) in [5, 5.41) is 23.3. The summed E-state index contributed by atoms with van der Waals surface area (Å²) >= 11 is 0. The third-order valence-corrected chi connectivity index (χ3v) is 15.9. The Bertz CT molecular complexity index is 1230. The molecule has 0 spiro atoms. The van der Waals surface area contributed by atoms with Crippen LogP contribution >= 0.6 is 0 Å². The third kappa shape index (κ3) is 61.3. The van der Waals surface area contributed by atoms with Gasteiger partial charge in [0.1, 0.15) is 0 Å². The van der Waals surface area contributed by atoms with E-state index in [9.17, 15) is 19.8 Å². The van der Waals surface area contributed by atoms with Crippen LogP contribution in [0, 0.1) is 0 Å². The minimum Gasteiger partial charge on any atom is -0.465 e. The molecule has 0 saturated carbocycles. The summed E-state index contributed by atoms with van der Waals surface area (Å²) in [6, 6.07) is -0.633. The summed E-state index contributed by atoms with van der Waals surface area (Å²) in [6.45, 7) is 4.83. The molecule has 0 aliphatic carbocycles. The zero-order chi connectivity index (χ0) is 55.0. The van der Waals surface area contributed by atoms with Crippen LogP contribution in [0.3, 0.4) is 0 Å². The molecule has 2 unspecified atom stereocenters. The third-order valence-electron chi connectivity index (χ3n) is 15.9. The number of aliphatic hydroxyl groups excluding tert-OH is 2. The zero-order valence-corrected chi connectivity index (χ0v) is 51.3. The van der Waals surface area contributed by atoms with Gasteiger partial charge in [-0.2, -0.15) is 0 Å². The van der Waals surface area contributed by atoms with Crippen LogP contribution in [-0.4, -0.2) is 47.4 Å². The second kappa shape index (κ2) is 65.6. The van der Waals surface area contributed by atoms with E-state index in [0.717, 1.165) is 51.4 Å². The highest BCUT2D eigenvalue weighted by molar-refractivity contribution is 5.76. The van der Waals surface area contributed by atoms with Crippen molar-refractivity contribution in [2.75, 3.05) is 13.2 Å². The number of hydrogen-bond acceptors (Lipinski definition) is 5. The topological polar surface area (TPSA) is 95.9 Å². The van der Waals surface area contributed by atoms with Gasteiger partial charge in [-0.25, -0.2) is 0 Å². The molecule has 3 N–H and O–H groups in total. The van der Waals surface area contributed by atoms with Gasteiger partial charge in [-0.1, -0.05) is 346 Å². The van der Waals surface area contributed by atoms with Crippen molar-refractivity contribution in [2.24, 2.45) is 0 Å². The van der Waals surface area contributed by atoms with E-state index in [-0.39, 0.29) is 18.5 Å². The van der Waals surface area contributed by atoms with Crippen molar-refractivity contribution in [3.8, 4) is 0 Å². The van der Waals surface area contributed by atoms with Crippen molar-refractivity contribution in [1.29, 1.82) is 0 Å². The number of aliphatic hydroxyl groups is 2. The van der Waals surface area contributed by atoms with Gasteiger partial charge in [-0.3, -0.25) is 9.59 Å². The Balaban J connectivity index is 3.47. The van der Waals surface area contributed by atoms with Gasteiger partial charge in [-0.05, 0) is 51.4 Å². The molecule has 6 nitrogen and oxygen atoms in total. The number of allylic oxidation sites excluding steroid dienone is 4. The van der Waals surface area contributed by atoms with E-state index < -0.39 is 12.1 Å². The number of rotatable bonds is 64. The first kappa shape index (κ1) is 74.1. The Morgan fingerprint density at radius 1 is 0.368 bits per heavy atom. The summed E-state index contributed by atoms with van der Waals surface area (Å²) in [6.07, 6.45) is 83.7. The molecule has 0 aromatic rings. The Labute approximate surface area is 474 Å². The van der Waals surface area contributed by atoms with Gasteiger partial charge >= 0.3 is 5.97 Å². The minimum absolute atomic E-state index is 0.0324. The monoisotopic (exact) mass is 1070 g/mol. The van der Waals surface area contributed by atoms with E-state index in [0.29, 0.717) is 19.4 Å². The molecule has 0 rings (SSSR count). The fourth-order valence-electron chi connectivity index (χ4n) is 10.7. The van der Waals surface area contributed by atoms with Crippen LogP contribution in [0.5, 0.6) is 0 Å². The molecule has 0 aliphatic heterocycles. The summed E-state index contributed by atoms with van der Waals surface area (Å²) in [5.74, 6) is -0.101. The maximum Gasteiger partial charge on any atom is 0.305 e. The van der Waals surface area contributed by atoms with Crippen LogP contribution < -0.4 is 5.32 Å². The lowest BCUT2D eigenvalue weighted by molar-refractivity contribution is -0.143. The average Bonchev–Trinajstić information content (AvgIpc) is 3.42. The first-order valence-electron chi connectivity index (χ1n) is 34.3. The fraction of sp³-hybridized carbons (Fsp3) is 0.886. The van der Waals surface area contributed by atoms with Crippen molar-refractivity contribution in [3.05, 3.63) is 36.5 Å².